The van der Waals surface area contributed by atoms with Crippen molar-refractivity contribution in [3.8, 4) is 0 Å². The van der Waals surface area contributed by atoms with Crippen molar-refractivity contribution in [2.75, 3.05) is 24.5 Å². The minimum atomic E-state index is 0.306. The third kappa shape index (κ3) is 3.85. The molecular weight excluding hydrogens is 260 g/mol. The van der Waals surface area contributed by atoms with Crippen molar-refractivity contribution in [1.82, 2.24) is 5.32 Å². The molecule has 3 heteroatoms. The van der Waals surface area contributed by atoms with Crippen LogP contribution in [0.2, 0.25) is 0 Å². The Morgan fingerprint density at radius 2 is 1.95 bits per heavy atom. The number of benzene rings is 1. The maximum absolute atomic E-state index is 12.7. The Hall–Kier alpha value is -1.35. The molecule has 0 bridgehead atoms. The quantitative estimate of drug-likeness (QED) is 0.871. The van der Waals surface area contributed by atoms with Gasteiger partial charge in [0.2, 0.25) is 5.91 Å². The molecule has 1 aromatic carbocycles. The van der Waals surface area contributed by atoms with Gasteiger partial charge in [0.1, 0.15) is 0 Å². The molecule has 21 heavy (non-hydrogen) atoms. The maximum Gasteiger partial charge on any atom is 0.226 e. The van der Waals surface area contributed by atoms with Crippen LogP contribution < -0.4 is 10.2 Å². The van der Waals surface area contributed by atoms with Crippen LogP contribution in [0.1, 0.15) is 38.5 Å². The van der Waals surface area contributed by atoms with Gasteiger partial charge in [-0.05, 0) is 62.7 Å². The summed E-state index contributed by atoms with van der Waals surface area (Å²) in [5.41, 5.74) is 1.07. The van der Waals surface area contributed by atoms with E-state index >= 15 is 0 Å². The molecule has 0 aromatic heterocycles. The average molecular weight is 286 g/mol. The molecule has 1 amide bonds. The molecule has 1 saturated heterocycles. The average Bonchev–Trinajstić information content (AvgIpc) is 2.98. The van der Waals surface area contributed by atoms with Gasteiger partial charge in [0, 0.05) is 18.7 Å². The van der Waals surface area contributed by atoms with E-state index in [1.54, 1.807) is 0 Å². The second-order valence-corrected chi connectivity index (χ2v) is 6.53. The van der Waals surface area contributed by atoms with Crippen molar-refractivity contribution < 1.29 is 4.79 Å². The molecule has 1 heterocycles. The van der Waals surface area contributed by atoms with Gasteiger partial charge in [-0.3, -0.25) is 4.79 Å². The Balaban J connectivity index is 1.60. The zero-order valence-electron chi connectivity index (χ0n) is 12.8. The van der Waals surface area contributed by atoms with Gasteiger partial charge in [0.15, 0.2) is 0 Å². The van der Waals surface area contributed by atoms with Crippen LogP contribution in [-0.2, 0) is 4.79 Å². The number of amides is 1. The molecule has 1 aliphatic heterocycles. The molecule has 2 aliphatic rings. The van der Waals surface area contributed by atoms with Crippen molar-refractivity contribution in [2.24, 2.45) is 11.8 Å². The van der Waals surface area contributed by atoms with E-state index in [0.29, 0.717) is 24.2 Å². The number of carbonyl (C=O) groups excluding carboxylic acids is 1. The number of carbonyl (C=O) groups is 1. The molecule has 1 saturated carbocycles. The topological polar surface area (TPSA) is 32.3 Å². The Bertz CT molecular complexity index is 450. The second-order valence-electron chi connectivity index (χ2n) is 6.53. The number of hydrogen-bond donors (Lipinski definition) is 1. The lowest BCUT2D eigenvalue weighted by Crippen LogP contribution is -2.37. The first-order valence-corrected chi connectivity index (χ1v) is 8.39. The van der Waals surface area contributed by atoms with Gasteiger partial charge < -0.3 is 10.2 Å². The molecule has 0 radical (unpaired) electrons. The third-order valence-corrected chi connectivity index (χ3v) is 4.96. The SMILES string of the molecule is O=C(CCC1CCNC1)N(CC1CCC1)c1ccccc1. The molecule has 3 nitrogen and oxygen atoms in total. The molecule has 1 N–H and O–H groups in total. The standard InChI is InChI=1S/C18H26N2O/c21-18(10-9-15-11-12-19-13-15)20(14-16-5-4-6-16)17-7-2-1-3-8-17/h1-3,7-8,15-16,19H,4-6,9-14H2. The highest BCUT2D eigenvalue weighted by molar-refractivity contribution is 5.93. The van der Waals surface area contributed by atoms with Crippen LogP contribution in [0.15, 0.2) is 30.3 Å². The minimum absolute atomic E-state index is 0.306. The Kier molecular flexibility index (Phi) is 4.91. The second kappa shape index (κ2) is 7.08. The van der Waals surface area contributed by atoms with Gasteiger partial charge >= 0.3 is 0 Å². The third-order valence-electron chi connectivity index (χ3n) is 4.96. The van der Waals surface area contributed by atoms with Crippen molar-refractivity contribution in [1.29, 1.82) is 0 Å². The van der Waals surface area contributed by atoms with Gasteiger partial charge in [0.05, 0.1) is 0 Å². The first kappa shape index (κ1) is 14.6. The van der Waals surface area contributed by atoms with E-state index in [1.165, 1.54) is 25.7 Å². The molecule has 1 atom stereocenters. The molecule has 1 aliphatic carbocycles. The number of rotatable bonds is 6. The zero-order chi connectivity index (χ0) is 14.5. The Morgan fingerprint density at radius 3 is 2.57 bits per heavy atom. The summed E-state index contributed by atoms with van der Waals surface area (Å²) in [5.74, 6) is 1.71. The lowest BCUT2D eigenvalue weighted by Gasteiger charge is -2.32. The first-order chi connectivity index (χ1) is 10.3. The van der Waals surface area contributed by atoms with E-state index in [9.17, 15) is 4.79 Å². The molecule has 0 spiro atoms. The fourth-order valence-electron chi connectivity index (χ4n) is 3.32. The normalized spacial score (nSPS) is 22.0. The van der Waals surface area contributed by atoms with Crippen LogP contribution in [0.4, 0.5) is 5.69 Å². The summed E-state index contributed by atoms with van der Waals surface area (Å²) in [6, 6.07) is 10.2. The monoisotopic (exact) mass is 286 g/mol. The first-order valence-electron chi connectivity index (χ1n) is 8.39. The van der Waals surface area contributed by atoms with Crippen molar-refractivity contribution in [3.63, 3.8) is 0 Å². The summed E-state index contributed by atoms with van der Waals surface area (Å²) in [5, 5.41) is 3.38. The van der Waals surface area contributed by atoms with E-state index in [0.717, 1.165) is 31.7 Å². The Morgan fingerprint density at radius 1 is 1.14 bits per heavy atom. The van der Waals surface area contributed by atoms with Crippen LogP contribution in [0.5, 0.6) is 0 Å². The fraction of sp³-hybridized carbons (Fsp3) is 0.611. The van der Waals surface area contributed by atoms with Gasteiger partial charge in [-0.25, -0.2) is 0 Å². The van der Waals surface area contributed by atoms with Crippen LogP contribution in [0, 0.1) is 11.8 Å². The van der Waals surface area contributed by atoms with Gasteiger partial charge in [-0.2, -0.15) is 0 Å². The highest BCUT2D eigenvalue weighted by atomic mass is 16.2. The number of hydrogen-bond acceptors (Lipinski definition) is 2. The molecule has 114 valence electrons. The zero-order valence-corrected chi connectivity index (χ0v) is 12.8. The highest BCUT2D eigenvalue weighted by Crippen LogP contribution is 2.29. The van der Waals surface area contributed by atoms with Crippen molar-refractivity contribution in [2.45, 2.75) is 38.5 Å². The van der Waals surface area contributed by atoms with E-state index in [-0.39, 0.29) is 0 Å². The predicted molar refractivity (Wildman–Crippen MR) is 86.3 cm³/mol. The molecule has 1 aromatic rings. The number of para-hydroxylation sites is 1. The van der Waals surface area contributed by atoms with Crippen LogP contribution in [0.3, 0.4) is 0 Å². The summed E-state index contributed by atoms with van der Waals surface area (Å²) in [7, 11) is 0. The maximum atomic E-state index is 12.7. The summed E-state index contributed by atoms with van der Waals surface area (Å²) >= 11 is 0. The fourth-order valence-corrected chi connectivity index (χ4v) is 3.32. The summed E-state index contributed by atoms with van der Waals surface area (Å²) < 4.78 is 0. The van der Waals surface area contributed by atoms with Crippen molar-refractivity contribution >= 4 is 11.6 Å². The lowest BCUT2D eigenvalue weighted by molar-refractivity contribution is -0.119. The molecule has 3 rings (SSSR count). The van der Waals surface area contributed by atoms with Crippen LogP contribution in [0.25, 0.3) is 0 Å². The molecule has 1 unspecified atom stereocenters. The number of anilines is 1. The van der Waals surface area contributed by atoms with Crippen molar-refractivity contribution in [3.05, 3.63) is 30.3 Å². The van der Waals surface area contributed by atoms with Gasteiger partial charge in [-0.15, -0.1) is 0 Å². The molecule has 2 fully saturated rings. The van der Waals surface area contributed by atoms with Crippen LogP contribution in [-0.4, -0.2) is 25.5 Å². The Labute approximate surface area is 127 Å². The van der Waals surface area contributed by atoms with Gasteiger partial charge in [-0.1, -0.05) is 24.6 Å². The highest BCUT2D eigenvalue weighted by Gasteiger charge is 2.25. The van der Waals surface area contributed by atoms with Crippen LogP contribution >= 0.6 is 0 Å². The summed E-state index contributed by atoms with van der Waals surface area (Å²) in [4.78, 5) is 14.7. The van der Waals surface area contributed by atoms with Gasteiger partial charge in [0.25, 0.3) is 0 Å². The lowest BCUT2D eigenvalue weighted by atomic mass is 9.85. The van der Waals surface area contributed by atoms with E-state index in [1.807, 2.05) is 23.1 Å². The largest absolute Gasteiger partial charge is 0.316 e. The summed E-state index contributed by atoms with van der Waals surface area (Å²) in [6.45, 7) is 3.11. The van der Waals surface area contributed by atoms with E-state index < -0.39 is 0 Å². The number of nitrogens with one attached hydrogen (secondary N) is 1. The smallest absolute Gasteiger partial charge is 0.226 e. The summed E-state index contributed by atoms with van der Waals surface area (Å²) in [6.07, 6.45) is 6.83. The van der Waals surface area contributed by atoms with E-state index in [4.69, 9.17) is 0 Å². The number of nitrogens with zero attached hydrogens (tertiary/aromatic N) is 1. The molecular formula is C18H26N2O. The minimum Gasteiger partial charge on any atom is -0.316 e. The predicted octanol–water partition coefficient (Wildman–Crippen LogP) is 3.21. The van der Waals surface area contributed by atoms with E-state index in [2.05, 4.69) is 17.4 Å².